The van der Waals surface area contributed by atoms with Crippen LogP contribution in [0.15, 0.2) is 48.5 Å². The Labute approximate surface area is 417 Å². The van der Waals surface area contributed by atoms with E-state index in [1.807, 2.05) is 48.5 Å². The van der Waals surface area contributed by atoms with Gasteiger partial charge in [-0.15, -0.1) is 4.90 Å². The van der Waals surface area contributed by atoms with Crippen molar-refractivity contribution in [3.05, 3.63) is 59.7 Å². The quantitative estimate of drug-likeness (QED) is 0.0491. The molecule has 11 nitrogen and oxygen atoms in total. The van der Waals surface area contributed by atoms with Gasteiger partial charge in [0.1, 0.15) is 12.6 Å². The molecule has 1 atom stereocenters. The highest BCUT2D eigenvalue weighted by molar-refractivity contribution is 6.06. The van der Waals surface area contributed by atoms with E-state index in [2.05, 4.69) is 19.2 Å². The molecule has 0 bridgehead atoms. The van der Waals surface area contributed by atoms with Crippen molar-refractivity contribution in [2.24, 2.45) is 0 Å². The number of aliphatic carboxylic acids is 1. The maximum absolute atomic E-state index is 13.5. The van der Waals surface area contributed by atoms with Crippen LogP contribution in [-0.4, -0.2) is 66.0 Å². The number of hydrogen-bond donors (Lipinski definition) is 2. The van der Waals surface area contributed by atoms with Crippen LogP contribution < -0.4 is 5.32 Å². The van der Waals surface area contributed by atoms with Crippen LogP contribution in [0.2, 0.25) is 0 Å². The van der Waals surface area contributed by atoms with E-state index in [1.54, 1.807) is 0 Å². The van der Waals surface area contributed by atoms with Gasteiger partial charge >= 0.3 is 24.2 Å². The summed E-state index contributed by atoms with van der Waals surface area (Å²) >= 11 is 0. The number of fused-ring (bicyclic) bond motifs is 3. The fraction of sp³-hybridized carbons (Fsp3) is 0.707. The number of rotatable bonds is 41. The molecule has 0 fully saturated rings. The average Bonchev–Trinajstić information content (AvgIpc) is 3.67. The molecule has 0 spiro atoms. The van der Waals surface area contributed by atoms with E-state index in [1.165, 1.54) is 154 Å². The van der Waals surface area contributed by atoms with Gasteiger partial charge < -0.3 is 24.6 Å². The number of benzene rings is 2. The topological polar surface area (TPSA) is 149 Å². The fourth-order valence-electron chi connectivity index (χ4n) is 9.45. The van der Waals surface area contributed by atoms with Crippen molar-refractivity contribution in [2.45, 2.75) is 244 Å². The van der Waals surface area contributed by atoms with Gasteiger partial charge in [-0.3, -0.25) is 4.79 Å². The minimum Gasteiger partial charge on any atom is -0.480 e. The van der Waals surface area contributed by atoms with Crippen LogP contribution in [0.4, 0.5) is 14.4 Å². The zero-order valence-electron chi connectivity index (χ0n) is 43.1. The molecule has 0 saturated heterocycles. The Morgan fingerprint density at radius 3 is 1.17 bits per heavy atom. The van der Waals surface area contributed by atoms with Gasteiger partial charge in [-0.05, 0) is 41.5 Å². The summed E-state index contributed by atoms with van der Waals surface area (Å²) in [6, 6.07) is 14.2. The summed E-state index contributed by atoms with van der Waals surface area (Å²) < 4.78 is 16.4. The lowest BCUT2D eigenvalue weighted by molar-refractivity contribution is -0.139. The first-order chi connectivity index (χ1) is 33.8. The highest BCUT2D eigenvalue weighted by atomic mass is 16.6. The van der Waals surface area contributed by atoms with E-state index in [-0.39, 0.29) is 25.7 Å². The molecule has 11 heteroatoms. The SMILES string of the molecule is CCCCCCCCCCCCCCCCCCOC(=O)N(C(=O)CC[C@@H](NC(=O)OCC1c2ccccc2-c2ccccc21)C(=O)O)C(=O)OCCCCCCCCCCCCCCCCCC. The van der Waals surface area contributed by atoms with E-state index in [4.69, 9.17) is 14.2 Å². The molecule has 0 aromatic heterocycles. The molecule has 4 amide bonds. The monoisotopic (exact) mass is 961 g/mol. The van der Waals surface area contributed by atoms with Crippen molar-refractivity contribution in [3.63, 3.8) is 0 Å². The highest BCUT2D eigenvalue weighted by Gasteiger charge is 2.34. The number of carboxylic acids is 1. The molecule has 2 aromatic rings. The van der Waals surface area contributed by atoms with Gasteiger partial charge in [0.05, 0.1) is 13.2 Å². The Balaban J connectivity index is 1.39. The molecule has 0 heterocycles. The van der Waals surface area contributed by atoms with Crippen LogP contribution in [0.5, 0.6) is 0 Å². The third kappa shape index (κ3) is 25.3. The molecule has 69 heavy (non-hydrogen) atoms. The number of alkyl carbamates (subject to hydrolysis) is 1. The maximum atomic E-state index is 13.5. The molecule has 1 aliphatic carbocycles. The first-order valence-corrected chi connectivity index (χ1v) is 27.8. The normalized spacial score (nSPS) is 12.3. The molecule has 0 aliphatic heterocycles. The van der Waals surface area contributed by atoms with E-state index < -0.39 is 49.0 Å². The van der Waals surface area contributed by atoms with Crippen LogP contribution in [0, 0.1) is 0 Å². The summed E-state index contributed by atoms with van der Waals surface area (Å²) in [4.78, 5) is 65.7. The summed E-state index contributed by atoms with van der Waals surface area (Å²) in [5.74, 6) is -2.58. The van der Waals surface area contributed by atoms with Crippen LogP contribution in [-0.2, 0) is 23.8 Å². The molecule has 2 N–H and O–H groups in total. The molecule has 0 unspecified atom stereocenters. The lowest BCUT2D eigenvalue weighted by atomic mass is 9.98. The van der Waals surface area contributed by atoms with Crippen molar-refractivity contribution >= 4 is 30.2 Å². The largest absolute Gasteiger partial charge is 0.480 e. The number of ether oxygens (including phenoxy) is 3. The van der Waals surface area contributed by atoms with Crippen molar-refractivity contribution in [1.29, 1.82) is 0 Å². The molecule has 1 aliphatic rings. The maximum Gasteiger partial charge on any atom is 0.426 e. The Kier molecular flexibility index (Phi) is 32.7. The zero-order chi connectivity index (χ0) is 49.6. The van der Waals surface area contributed by atoms with Gasteiger partial charge in [-0.2, -0.15) is 0 Å². The smallest absolute Gasteiger partial charge is 0.426 e. The first-order valence-electron chi connectivity index (χ1n) is 27.8. The molecular weight excluding hydrogens is 869 g/mol. The van der Waals surface area contributed by atoms with Crippen LogP contribution >= 0.6 is 0 Å². The van der Waals surface area contributed by atoms with E-state index in [9.17, 15) is 29.1 Å². The summed E-state index contributed by atoms with van der Waals surface area (Å²) in [5.41, 5.74) is 4.13. The zero-order valence-corrected chi connectivity index (χ0v) is 43.1. The Morgan fingerprint density at radius 1 is 0.493 bits per heavy atom. The molecule has 0 radical (unpaired) electrons. The second kappa shape index (κ2) is 38.4. The van der Waals surface area contributed by atoms with Gasteiger partial charge in [0.25, 0.3) is 0 Å². The third-order valence-corrected chi connectivity index (χ3v) is 13.6. The molecule has 0 saturated carbocycles. The minimum atomic E-state index is -1.52. The van der Waals surface area contributed by atoms with E-state index in [0.717, 1.165) is 60.8 Å². The van der Waals surface area contributed by atoms with Gasteiger partial charge in [0, 0.05) is 12.3 Å². The molecule has 388 valence electrons. The number of amides is 4. The lowest BCUT2D eigenvalue weighted by Crippen LogP contribution is -2.45. The number of nitrogens with zero attached hydrogens (tertiary/aromatic N) is 1. The summed E-state index contributed by atoms with van der Waals surface area (Å²) in [6.45, 7) is 4.56. The van der Waals surface area contributed by atoms with Crippen molar-refractivity contribution in [2.75, 3.05) is 19.8 Å². The lowest BCUT2D eigenvalue weighted by Gasteiger charge is -2.20. The number of carbonyl (C=O) groups excluding carboxylic acids is 4. The molecule has 2 aromatic carbocycles. The predicted molar refractivity (Wildman–Crippen MR) is 277 cm³/mol. The van der Waals surface area contributed by atoms with Crippen molar-refractivity contribution in [1.82, 2.24) is 10.2 Å². The number of hydrogen-bond acceptors (Lipinski definition) is 8. The Morgan fingerprint density at radius 2 is 0.826 bits per heavy atom. The first kappa shape index (κ1) is 58.9. The van der Waals surface area contributed by atoms with E-state index in [0.29, 0.717) is 17.7 Å². The predicted octanol–water partition coefficient (Wildman–Crippen LogP) is 16.4. The molecular formula is C58H92N2O9. The fourth-order valence-corrected chi connectivity index (χ4v) is 9.45. The number of carbonyl (C=O) groups is 5. The van der Waals surface area contributed by atoms with Gasteiger partial charge in [0.2, 0.25) is 5.91 Å². The Bertz CT molecular complexity index is 1620. The van der Waals surface area contributed by atoms with Crippen LogP contribution in [0.3, 0.4) is 0 Å². The second-order valence-corrected chi connectivity index (χ2v) is 19.5. The summed E-state index contributed by atoms with van der Waals surface area (Å²) in [7, 11) is 0. The molecule has 3 rings (SSSR count). The van der Waals surface area contributed by atoms with Crippen molar-refractivity contribution < 1.29 is 43.3 Å². The summed E-state index contributed by atoms with van der Waals surface area (Å²) in [5, 5.41) is 12.3. The van der Waals surface area contributed by atoms with Crippen LogP contribution in [0.25, 0.3) is 11.1 Å². The van der Waals surface area contributed by atoms with Crippen LogP contribution in [0.1, 0.15) is 249 Å². The Hall–Kier alpha value is -4.41. The standard InChI is InChI=1S/C58H92N2O9/c1-3-5-7-9-11-13-15-17-19-21-23-25-27-29-31-37-45-67-57(65)60(58(66)68-46-38-32-30-28-26-24-22-20-18-16-14-12-10-8-6-4-2)54(61)44-43-53(55(62)63)59-56(64)69-47-52-50-41-35-33-39-48(50)49-40-34-36-42-51(49)52/h33-36,39-42,52-53H,3-32,37-38,43-47H2,1-2H3,(H,59,64)(H,62,63)/t53-/m1/s1. The second-order valence-electron chi connectivity index (χ2n) is 19.5. The average molecular weight is 961 g/mol. The number of nitrogens with one attached hydrogen (secondary N) is 1. The number of imide groups is 3. The van der Waals surface area contributed by atoms with Gasteiger partial charge in [-0.1, -0.05) is 255 Å². The van der Waals surface area contributed by atoms with Crippen molar-refractivity contribution in [3.8, 4) is 11.1 Å². The number of carboxylic acid groups (broad SMARTS) is 1. The summed E-state index contributed by atoms with van der Waals surface area (Å²) in [6.07, 6.45) is 34.5. The van der Waals surface area contributed by atoms with Gasteiger partial charge in [-0.25, -0.2) is 19.2 Å². The van der Waals surface area contributed by atoms with Gasteiger partial charge in [0.15, 0.2) is 0 Å². The van der Waals surface area contributed by atoms with E-state index >= 15 is 0 Å². The minimum absolute atomic E-state index is 0.0185. The third-order valence-electron chi connectivity index (χ3n) is 13.6. The number of unbranched alkanes of at least 4 members (excludes halogenated alkanes) is 30. The highest BCUT2D eigenvalue weighted by Crippen LogP contribution is 2.44.